The number of hydrogen-bond acceptors (Lipinski definition) is 6. The Balaban J connectivity index is 1.73. The molecule has 0 fully saturated rings. The summed E-state index contributed by atoms with van der Waals surface area (Å²) in [5.41, 5.74) is 3.62. The number of hydrogen-bond donors (Lipinski definition) is 0. The molecule has 3 rings (SSSR count). The molecule has 1 heterocycles. The summed E-state index contributed by atoms with van der Waals surface area (Å²) in [5.74, 6) is 0.558. The Morgan fingerprint density at radius 1 is 1.07 bits per heavy atom. The zero-order chi connectivity index (χ0) is 22.1. The molecule has 0 spiro atoms. The fourth-order valence-electron chi connectivity index (χ4n) is 2.95. The zero-order valence-corrected chi connectivity index (χ0v) is 18.4. The molecule has 2 aromatic carbocycles. The van der Waals surface area contributed by atoms with Crippen LogP contribution in [0.2, 0.25) is 0 Å². The van der Waals surface area contributed by atoms with Crippen molar-refractivity contribution in [2.75, 3.05) is 24.7 Å². The normalized spacial score (nSPS) is 11.4. The van der Waals surface area contributed by atoms with Gasteiger partial charge in [-0.15, -0.1) is 0 Å². The molecule has 0 aliphatic carbocycles. The molecule has 158 valence electrons. The Bertz CT molecular complexity index is 1170. The molecule has 0 bridgehead atoms. The van der Waals surface area contributed by atoms with Crippen molar-refractivity contribution in [2.24, 2.45) is 0 Å². The van der Waals surface area contributed by atoms with Gasteiger partial charge in [0.05, 0.1) is 18.5 Å². The van der Waals surface area contributed by atoms with Crippen LogP contribution in [0.25, 0.3) is 11.4 Å². The van der Waals surface area contributed by atoms with E-state index in [1.54, 1.807) is 32.2 Å². The highest BCUT2D eigenvalue weighted by Crippen LogP contribution is 2.23. The average Bonchev–Trinajstić information content (AvgIpc) is 3.15. The van der Waals surface area contributed by atoms with Crippen LogP contribution >= 0.6 is 0 Å². The fraction of sp³-hybridized carbons (Fsp3) is 0.286. The first kappa shape index (κ1) is 21.5. The summed E-state index contributed by atoms with van der Waals surface area (Å²) in [6.07, 6.45) is 1.13. The Labute approximate surface area is 176 Å². The maximum atomic E-state index is 12.8. The summed E-state index contributed by atoms with van der Waals surface area (Å²) in [7, 11) is -0.260. The van der Waals surface area contributed by atoms with Gasteiger partial charge in [0, 0.05) is 25.2 Å². The van der Waals surface area contributed by atoms with Gasteiger partial charge in [-0.1, -0.05) is 35.0 Å². The van der Waals surface area contributed by atoms with Crippen LogP contribution in [0.5, 0.6) is 0 Å². The van der Waals surface area contributed by atoms with E-state index in [9.17, 15) is 13.2 Å². The van der Waals surface area contributed by atoms with Crippen molar-refractivity contribution in [3.8, 4) is 11.4 Å². The standard InChI is InChI=1S/C21H24N4O4S/c1-14-6-8-16(9-7-14)20-22-19(29-23-20)13-24(3)21(26)17-10-11-18(15(2)12-17)25(4)30(5,27)28/h6-12H,13H2,1-5H3. The van der Waals surface area contributed by atoms with Crippen LogP contribution in [0.15, 0.2) is 47.0 Å². The van der Waals surface area contributed by atoms with Gasteiger partial charge in [-0.05, 0) is 37.6 Å². The molecular formula is C21H24N4O4S. The van der Waals surface area contributed by atoms with Crippen molar-refractivity contribution in [1.29, 1.82) is 0 Å². The number of carbonyl (C=O) groups excluding carboxylic acids is 1. The summed E-state index contributed by atoms with van der Waals surface area (Å²) in [4.78, 5) is 18.6. The summed E-state index contributed by atoms with van der Waals surface area (Å²) >= 11 is 0. The van der Waals surface area contributed by atoms with Crippen LogP contribution < -0.4 is 4.31 Å². The molecule has 1 amide bonds. The van der Waals surface area contributed by atoms with Crippen LogP contribution in [0.3, 0.4) is 0 Å². The van der Waals surface area contributed by atoms with E-state index in [1.165, 1.54) is 16.3 Å². The van der Waals surface area contributed by atoms with Crippen molar-refractivity contribution in [2.45, 2.75) is 20.4 Å². The first-order valence-corrected chi connectivity index (χ1v) is 11.1. The molecule has 30 heavy (non-hydrogen) atoms. The number of nitrogens with zero attached hydrogens (tertiary/aromatic N) is 4. The predicted octanol–water partition coefficient (Wildman–Crippen LogP) is 3.02. The molecule has 0 radical (unpaired) electrons. The number of benzene rings is 2. The minimum Gasteiger partial charge on any atom is -0.337 e. The van der Waals surface area contributed by atoms with Gasteiger partial charge in [-0.3, -0.25) is 9.10 Å². The molecule has 1 aromatic heterocycles. The van der Waals surface area contributed by atoms with Gasteiger partial charge in [0.2, 0.25) is 21.7 Å². The van der Waals surface area contributed by atoms with Crippen molar-refractivity contribution in [1.82, 2.24) is 15.0 Å². The zero-order valence-electron chi connectivity index (χ0n) is 17.6. The monoisotopic (exact) mass is 428 g/mol. The fourth-order valence-corrected chi connectivity index (χ4v) is 3.52. The maximum Gasteiger partial charge on any atom is 0.254 e. The van der Waals surface area contributed by atoms with Gasteiger partial charge in [-0.2, -0.15) is 4.98 Å². The summed E-state index contributed by atoms with van der Waals surface area (Å²) in [6, 6.07) is 12.7. The molecule has 0 unspecified atom stereocenters. The molecule has 0 aliphatic heterocycles. The van der Waals surface area contributed by atoms with E-state index in [2.05, 4.69) is 10.1 Å². The third-order valence-corrected chi connectivity index (χ3v) is 5.97. The average molecular weight is 429 g/mol. The summed E-state index contributed by atoms with van der Waals surface area (Å²) in [6.45, 7) is 3.92. The third kappa shape index (κ3) is 4.68. The molecule has 3 aromatic rings. The lowest BCUT2D eigenvalue weighted by Crippen LogP contribution is -2.27. The summed E-state index contributed by atoms with van der Waals surface area (Å²) < 4.78 is 30.0. The number of sulfonamides is 1. The second-order valence-corrected chi connectivity index (χ2v) is 9.28. The second kappa shape index (κ2) is 8.27. The quantitative estimate of drug-likeness (QED) is 0.599. The van der Waals surface area contributed by atoms with E-state index in [4.69, 9.17) is 4.52 Å². The van der Waals surface area contributed by atoms with E-state index in [0.29, 0.717) is 28.5 Å². The van der Waals surface area contributed by atoms with Crippen LogP contribution in [-0.2, 0) is 16.6 Å². The van der Waals surface area contributed by atoms with Gasteiger partial charge in [0.15, 0.2) is 0 Å². The number of carbonyl (C=O) groups is 1. The lowest BCUT2D eigenvalue weighted by Gasteiger charge is -2.20. The summed E-state index contributed by atoms with van der Waals surface area (Å²) in [5, 5.41) is 3.98. The number of aromatic nitrogens is 2. The third-order valence-electron chi connectivity index (χ3n) is 4.78. The molecule has 0 atom stereocenters. The highest BCUT2D eigenvalue weighted by molar-refractivity contribution is 7.92. The number of aryl methyl sites for hydroxylation is 2. The van der Waals surface area contributed by atoms with Crippen molar-refractivity contribution < 1.29 is 17.7 Å². The van der Waals surface area contributed by atoms with Crippen LogP contribution in [0.4, 0.5) is 5.69 Å². The molecular weight excluding hydrogens is 404 g/mol. The Morgan fingerprint density at radius 2 is 1.73 bits per heavy atom. The molecule has 0 aliphatic rings. The van der Waals surface area contributed by atoms with Gasteiger partial charge in [-0.25, -0.2) is 8.42 Å². The van der Waals surface area contributed by atoms with Gasteiger partial charge in [0.25, 0.3) is 5.91 Å². The smallest absolute Gasteiger partial charge is 0.254 e. The highest BCUT2D eigenvalue weighted by Gasteiger charge is 2.19. The molecule has 0 N–H and O–H groups in total. The second-order valence-electron chi connectivity index (χ2n) is 7.27. The van der Waals surface area contributed by atoms with Crippen molar-refractivity contribution in [3.05, 3.63) is 65.0 Å². The largest absolute Gasteiger partial charge is 0.337 e. The molecule has 0 saturated heterocycles. The van der Waals surface area contributed by atoms with Gasteiger partial charge < -0.3 is 9.42 Å². The molecule has 8 nitrogen and oxygen atoms in total. The minimum absolute atomic E-state index is 0.154. The lowest BCUT2D eigenvalue weighted by molar-refractivity contribution is 0.0769. The predicted molar refractivity (Wildman–Crippen MR) is 115 cm³/mol. The number of anilines is 1. The van der Waals surface area contributed by atoms with Crippen molar-refractivity contribution in [3.63, 3.8) is 0 Å². The first-order valence-electron chi connectivity index (χ1n) is 9.26. The van der Waals surface area contributed by atoms with Crippen molar-refractivity contribution >= 4 is 21.6 Å². The highest BCUT2D eigenvalue weighted by atomic mass is 32.2. The molecule has 0 saturated carbocycles. The van der Waals surface area contributed by atoms with E-state index >= 15 is 0 Å². The Kier molecular flexibility index (Phi) is 5.93. The van der Waals surface area contributed by atoms with Crippen LogP contribution in [0.1, 0.15) is 27.4 Å². The number of rotatable bonds is 6. The van der Waals surface area contributed by atoms with Gasteiger partial charge in [0.1, 0.15) is 0 Å². The lowest BCUT2D eigenvalue weighted by atomic mass is 10.1. The van der Waals surface area contributed by atoms with E-state index < -0.39 is 10.0 Å². The minimum atomic E-state index is -3.38. The van der Waals surface area contributed by atoms with E-state index in [0.717, 1.165) is 17.4 Å². The maximum absolute atomic E-state index is 12.8. The van der Waals surface area contributed by atoms with Crippen LogP contribution in [-0.4, -0.2) is 49.7 Å². The van der Waals surface area contributed by atoms with E-state index in [1.807, 2.05) is 31.2 Å². The van der Waals surface area contributed by atoms with Crippen LogP contribution in [0, 0.1) is 13.8 Å². The Hall–Kier alpha value is -3.20. The SMILES string of the molecule is Cc1ccc(-c2noc(CN(C)C(=O)c3ccc(N(C)S(C)(=O)=O)c(C)c3)n2)cc1. The molecule has 9 heteroatoms. The topological polar surface area (TPSA) is 96.6 Å². The number of amides is 1. The first-order chi connectivity index (χ1) is 14.1. The Morgan fingerprint density at radius 3 is 2.33 bits per heavy atom. The van der Waals surface area contributed by atoms with Gasteiger partial charge >= 0.3 is 0 Å². The van der Waals surface area contributed by atoms with E-state index in [-0.39, 0.29) is 12.5 Å².